The summed E-state index contributed by atoms with van der Waals surface area (Å²) in [6, 6.07) is 4.65. The molecular weight excluding hydrogens is 194 g/mol. The maximum absolute atomic E-state index is 5.43. The van der Waals surface area contributed by atoms with Gasteiger partial charge in [0.2, 0.25) is 0 Å². The molecular formula is C11H19NOS. The molecule has 3 heteroatoms. The van der Waals surface area contributed by atoms with E-state index in [0.29, 0.717) is 6.04 Å². The minimum absolute atomic E-state index is 0.0718. The molecule has 0 amide bonds. The van der Waals surface area contributed by atoms with Crippen LogP contribution in [0.1, 0.15) is 31.2 Å². The number of rotatable bonds is 5. The van der Waals surface area contributed by atoms with Gasteiger partial charge in [-0.3, -0.25) is 0 Å². The monoisotopic (exact) mass is 213 g/mol. The molecule has 0 aliphatic rings. The van der Waals surface area contributed by atoms with E-state index in [4.69, 9.17) is 4.74 Å². The zero-order valence-corrected chi connectivity index (χ0v) is 10.1. The van der Waals surface area contributed by atoms with Crippen LogP contribution in [0.2, 0.25) is 0 Å². The second kappa shape index (κ2) is 4.91. The summed E-state index contributed by atoms with van der Waals surface area (Å²) in [7, 11) is 3.76. The van der Waals surface area contributed by atoms with Crippen molar-refractivity contribution < 1.29 is 4.74 Å². The Morgan fingerprint density at radius 1 is 1.57 bits per heavy atom. The molecule has 0 aromatic carbocycles. The SMILES string of the molecule is CNC(CC(C)(C)OC)c1cccs1. The van der Waals surface area contributed by atoms with Crippen molar-refractivity contribution in [3.63, 3.8) is 0 Å². The van der Waals surface area contributed by atoms with Gasteiger partial charge in [0.05, 0.1) is 5.60 Å². The molecule has 1 unspecified atom stereocenters. The Morgan fingerprint density at radius 3 is 2.71 bits per heavy atom. The van der Waals surface area contributed by atoms with Crippen LogP contribution >= 0.6 is 11.3 Å². The van der Waals surface area contributed by atoms with Crippen molar-refractivity contribution in [1.29, 1.82) is 0 Å². The number of ether oxygens (including phenoxy) is 1. The first-order valence-electron chi connectivity index (χ1n) is 4.85. The third-order valence-corrected chi connectivity index (χ3v) is 3.47. The highest BCUT2D eigenvalue weighted by Gasteiger charge is 2.23. The summed E-state index contributed by atoms with van der Waals surface area (Å²) in [5.41, 5.74) is -0.0718. The predicted octanol–water partition coefficient (Wildman–Crippen LogP) is 2.82. The Hall–Kier alpha value is -0.380. The van der Waals surface area contributed by atoms with Crippen LogP contribution in [-0.4, -0.2) is 19.8 Å². The fourth-order valence-electron chi connectivity index (χ4n) is 1.41. The standard InChI is InChI=1S/C11H19NOS/c1-11(2,13-4)8-9(12-3)10-6-5-7-14-10/h5-7,9,12H,8H2,1-4H3. The summed E-state index contributed by atoms with van der Waals surface area (Å²) >= 11 is 1.79. The molecule has 0 radical (unpaired) electrons. The van der Waals surface area contributed by atoms with E-state index in [2.05, 4.69) is 36.7 Å². The Kier molecular flexibility index (Phi) is 4.11. The van der Waals surface area contributed by atoms with Gasteiger partial charge in [-0.25, -0.2) is 0 Å². The van der Waals surface area contributed by atoms with E-state index in [1.165, 1.54) is 4.88 Å². The van der Waals surface area contributed by atoms with E-state index in [9.17, 15) is 0 Å². The average molecular weight is 213 g/mol. The molecule has 0 saturated heterocycles. The second-order valence-corrected chi connectivity index (χ2v) is 5.00. The lowest BCUT2D eigenvalue weighted by atomic mass is 9.98. The normalized spacial score (nSPS) is 14.3. The van der Waals surface area contributed by atoms with E-state index < -0.39 is 0 Å². The van der Waals surface area contributed by atoms with Gasteiger partial charge in [0, 0.05) is 18.0 Å². The van der Waals surface area contributed by atoms with Crippen LogP contribution in [0.4, 0.5) is 0 Å². The van der Waals surface area contributed by atoms with Crippen molar-refractivity contribution in [1.82, 2.24) is 5.32 Å². The number of methoxy groups -OCH3 is 1. The molecule has 1 rings (SSSR count). The molecule has 1 heterocycles. The quantitative estimate of drug-likeness (QED) is 0.812. The average Bonchev–Trinajstić information content (AvgIpc) is 2.67. The van der Waals surface area contributed by atoms with Gasteiger partial charge in [0.25, 0.3) is 0 Å². The molecule has 1 atom stereocenters. The number of thiophene rings is 1. The third kappa shape index (κ3) is 3.08. The summed E-state index contributed by atoms with van der Waals surface area (Å²) in [6.07, 6.45) is 0.987. The smallest absolute Gasteiger partial charge is 0.0641 e. The van der Waals surface area contributed by atoms with Gasteiger partial charge in [0.15, 0.2) is 0 Å². The highest BCUT2D eigenvalue weighted by atomic mass is 32.1. The van der Waals surface area contributed by atoms with Gasteiger partial charge in [0.1, 0.15) is 0 Å². The van der Waals surface area contributed by atoms with Gasteiger partial charge in [-0.15, -0.1) is 11.3 Å². The minimum atomic E-state index is -0.0718. The molecule has 0 bridgehead atoms. The third-order valence-electron chi connectivity index (χ3n) is 2.48. The highest BCUT2D eigenvalue weighted by molar-refractivity contribution is 7.10. The Morgan fingerprint density at radius 2 is 2.29 bits per heavy atom. The molecule has 1 aromatic rings. The first-order chi connectivity index (χ1) is 6.59. The first-order valence-corrected chi connectivity index (χ1v) is 5.73. The molecule has 14 heavy (non-hydrogen) atoms. The van der Waals surface area contributed by atoms with Crippen LogP contribution in [0.3, 0.4) is 0 Å². The van der Waals surface area contributed by atoms with Gasteiger partial charge in [-0.05, 0) is 38.8 Å². The zero-order valence-electron chi connectivity index (χ0n) is 9.33. The molecule has 0 aliphatic heterocycles. The highest BCUT2D eigenvalue weighted by Crippen LogP contribution is 2.28. The number of hydrogen-bond acceptors (Lipinski definition) is 3. The Balaban J connectivity index is 2.65. The molecule has 0 fully saturated rings. The second-order valence-electron chi connectivity index (χ2n) is 4.02. The predicted molar refractivity (Wildman–Crippen MR) is 61.8 cm³/mol. The molecule has 0 aliphatic carbocycles. The molecule has 1 N–H and O–H groups in total. The van der Waals surface area contributed by atoms with Crippen molar-refractivity contribution >= 4 is 11.3 Å². The summed E-state index contributed by atoms with van der Waals surface area (Å²) in [4.78, 5) is 1.37. The number of hydrogen-bond donors (Lipinski definition) is 1. The van der Waals surface area contributed by atoms with Crippen molar-refractivity contribution in [2.75, 3.05) is 14.2 Å². The van der Waals surface area contributed by atoms with Gasteiger partial charge < -0.3 is 10.1 Å². The van der Waals surface area contributed by atoms with E-state index >= 15 is 0 Å². The van der Waals surface area contributed by atoms with Crippen LogP contribution in [0.15, 0.2) is 17.5 Å². The van der Waals surface area contributed by atoms with E-state index in [1.807, 2.05) is 7.05 Å². The first kappa shape index (κ1) is 11.7. The lowest BCUT2D eigenvalue weighted by Crippen LogP contribution is -2.30. The molecule has 0 spiro atoms. The van der Waals surface area contributed by atoms with Crippen LogP contribution in [0, 0.1) is 0 Å². The summed E-state index contributed by atoms with van der Waals surface area (Å²) in [6.45, 7) is 4.23. The number of nitrogens with one attached hydrogen (secondary N) is 1. The van der Waals surface area contributed by atoms with Crippen molar-refractivity contribution in [2.45, 2.75) is 31.9 Å². The van der Waals surface area contributed by atoms with Crippen molar-refractivity contribution in [3.8, 4) is 0 Å². The summed E-state index contributed by atoms with van der Waals surface area (Å²) < 4.78 is 5.43. The fraction of sp³-hybridized carbons (Fsp3) is 0.636. The van der Waals surface area contributed by atoms with Crippen LogP contribution in [0.5, 0.6) is 0 Å². The van der Waals surface area contributed by atoms with Gasteiger partial charge in [-0.1, -0.05) is 6.07 Å². The summed E-state index contributed by atoms with van der Waals surface area (Å²) in [5, 5.41) is 5.44. The maximum Gasteiger partial charge on any atom is 0.0641 e. The van der Waals surface area contributed by atoms with Gasteiger partial charge >= 0.3 is 0 Å². The zero-order chi connectivity index (χ0) is 10.6. The molecule has 1 aromatic heterocycles. The van der Waals surface area contributed by atoms with E-state index in [0.717, 1.165) is 6.42 Å². The lowest BCUT2D eigenvalue weighted by molar-refractivity contribution is 0.00773. The fourth-order valence-corrected chi connectivity index (χ4v) is 2.25. The molecule has 0 saturated carbocycles. The topological polar surface area (TPSA) is 21.3 Å². The maximum atomic E-state index is 5.43. The van der Waals surface area contributed by atoms with Crippen LogP contribution in [0.25, 0.3) is 0 Å². The van der Waals surface area contributed by atoms with E-state index in [-0.39, 0.29) is 5.60 Å². The molecule has 2 nitrogen and oxygen atoms in total. The lowest BCUT2D eigenvalue weighted by Gasteiger charge is -2.27. The minimum Gasteiger partial charge on any atom is -0.379 e. The molecule has 80 valence electrons. The summed E-state index contributed by atoms with van der Waals surface area (Å²) in [5.74, 6) is 0. The van der Waals surface area contributed by atoms with Crippen molar-refractivity contribution in [3.05, 3.63) is 22.4 Å². The largest absolute Gasteiger partial charge is 0.379 e. The van der Waals surface area contributed by atoms with E-state index in [1.54, 1.807) is 18.4 Å². The van der Waals surface area contributed by atoms with Crippen molar-refractivity contribution in [2.24, 2.45) is 0 Å². The van der Waals surface area contributed by atoms with Gasteiger partial charge in [-0.2, -0.15) is 0 Å². The van der Waals surface area contributed by atoms with Crippen LogP contribution < -0.4 is 5.32 Å². The van der Waals surface area contributed by atoms with Crippen LogP contribution in [-0.2, 0) is 4.74 Å². The Bertz CT molecular complexity index is 256. The Labute approximate surface area is 90.3 Å².